The molecule has 0 aliphatic rings. The van der Waals surface area contributed by atoms with Crippen molar-refractivity contribution < 1.29 is 9.53 Å². The summed E-state index contributed by atoms with van der Waals surface area (Å²) in [6.07, 6.45) is 4.75. The molecule has 0 amide bonds. The summed E-state index contributed by atoms with van der Waals surface area (Å²) in [6.45, 7) is 1.93. The molecule has 0 aliphatic heterocycles. The van der Waals surface area contributed by atoms with E-state index >= 15 is 0 Å². The fourth-order valence-electron chi connectivity index (χ4n) is 1.56. The van der Waals surface area contributed by atoms with Crippen LogP contribution in [0.4, 0.5) is 0 Å². The molecule has 0 saturated heterocycles. The van der Waals surface area contributed by atoms with Gasteiger partial charge in [-0.2, -0.15) is 0 Å². The monoisotopic (exact) mass is 244 g/mol. The van der Waals surface area contributed by atoms with E-state index in [-0.39, 0.29) is 12.2 Å². The van der Waals surface area contributed by atoms with Gasteiger partial charge in [0.15, 0.2) is 0 Å². The Hall–Kier alpha value is -2.43. The normalized spacial score (nSPS) is 10.1. The summed E-state index contributed by atoms with van der Waals surface area (Å²) in [4.78, 5) is 27.7. The fraction of sp³-hybridized carbons (Fsp3) is 0.154. The Balaban J connectivity index is 2.49. The number of aromatic nitrogens is 2. The van der Waals surface area contributed by atoms with E-state index in [2.05, 4.69) is 4.98 Å². The maximum atomic E-state index is 12.1. The standard InChI is InChI=1S/C13H12N2O3/c1-2-18-13(17)11-6-4-8-15(12(11)16)10-5-3-7-14-9-10/h3-9H,2H2,1H3. The average molecular weight is 244 g/mol. The van der Waals surface area contributed by atoms with Gasteiger partial charge in [-0.1, -0.05) is 0 Å². The molecule has 0 bridgehead atoms. The molecular weight excluding hydrogens is 232 g/mol. The summed E-state index contributed by atoms with van der Waals surface area (Å²) in [6, 6.07) is 6.54. The van der Waals surface area contributed by atoms with Gasteiger partial charge in [0.25, 0.3) is 5.56 Å². The first-order chi connectivity index (χ1) is 8.74. The molecule has 2 heterocycles. The highest BCUT2D eigenvalue weighted by Gasteiger charge is 2.13. The number of pyridine rings is 2. The molecule has 5 nitrogen and oxygen atoms in total. The highest BCUT2D eigenvalue weighted by atomic mass is 16.5. The topological polar surface area (TPSA) is 61.2 Å². The lowest BCUT2D eigenvalue weighted by Crippen LogP contribution is -2.25. The van der Waals surface area contributed by atoms with Crippen molar-refractivity contribution in [3.05, 3.63) is 58.8 Å². The Kier molecular flexibility index (Phi) is 3.52. The van der Waals surface area contributed by atoms with Gasteiger partial charge in [0.05, 0.1) is 18.5 Å². The number of ether oxygens (including phenoxy) is 1. The molecule has 2 aromatic rings. The van der Waals surface area contributed by atoms with E-state index in [1.165, 1.54) is 10.6 Å². The van der Waals surface area contributed by atoms with Crippen molar-refractivity contribution in [1.29, 1.82) is 0 Å². The molecule has 2 rings (SSSR count). The van der Waals surface area contributed by atoms with Crippen molar-refractivity contribution >= 4 is 5.97 Å². The lowest BCUT2D eigenvalue weighted by Gasteiger charge is -2.06. The summed E-state index contributed by atoms with van der Waals surface area (Å²) in [5.74, 6) is -0.610. The molecule has 0 atom stereocenters. The minimum Gasteiger partial charge on any atom is -0.462 e. The van der Waals surface area contributed by atoms with Crippen LogP contribution >= 0.6 is 0 Å². The number of hydrogen-bond acceptors (Lipinski definition) is 4. The second kappa shape index (κ2) is 5.27. The van der Waals surface area contributed by atoms with Gasteiger partial charge in [-0.15, -0.1) is 0 Å². The molecule has 0 unspecified atom stereocenters. The van der Waals surface area contributed by atoms with Crippen LogP contribution in [0.15, 0.2) is 47.7 Å². The van der Waals surface area contributed by atoms with Crippen LogP contribution < -0.4 is 5.56 Å². The quantitative estimate of drug-likeness (QED) is 0.766. The smallest absolute Gasteiger partial charge is 0.343 e. The molecular formula is C13H12N2O3. The van der Waals surface area contributed by atoms with Crippen LogP contribution in [-0.2, 0) is 4.74 Å². The van der Waals surface area contributed by atoms with Gasteiger partial charge in [0.1, 0.15) is 5.56 Å². The summed E-state index contributed by atoms with van der Waals surface area (Å²) in [5, 5.41) is 0. The summed E-state index contributed by atoms with van der Waals surface area (Å²) < 4.78 is 6.19. The minimum atomic E-state index is -0.610. The molecule has 0 fully saturated rings. The van der Waals surface area contributed by atoms with Crippen LogP contribution in [0, 0.1) is 0 Å². The van der Waals surface area contributed by atoms with E-state index in [9.17, 15) is 9.59 Å². The number of carbonyl (C=O) groups is 1. The molecule has 0 radical (unpaired) electrons. The van der Waals surface area contributed by atoms with Gasteiger partial charge < -0.3 is 4.74 Å². The Morgan fingerprint density at radius 1 is 1.39 bits per heavy atom. The van der Waals surface area contributed by atoms with Crippen LogP contribution in [0.1, 0.15) is 17.3 Å². The molecule has 18 heavy (non-hydrogen) atoms. The second-order valence-electron chi connectivity index (χ2n) is 3.53. The number of nitrogens with zero attached hydrogens (tertiary/aromatic N) is 2. The predicted molar refractivity (Wildman–Crippen MR) is 65.8 cm³/mol. The largest absolute Gasteiger partial charge is 0.462 e. The lowest BCUT2D eigenvalue weighted by molar-refractivity contribution is 0.0524. The van der Waals surface area contributed by atoms with Crippen LogP contribution in [-0.4, -0.2) is 22.1 Å². The number of esters is 1. The first kappa shape index (κ1) is 12.0. The molecule has 0 saturated carbocycles. The van der Waals surface area contributed by atoms with Crippen molar-refractivity contribution in [2.24, 2.45) is 0 Å². The van der Waals surface area contributed by atoms with Crippen molar-refractivity contribution in [2.75, 3.05) is 6.61 Å². The number of carbonyl (C=O) groups excluding carboxylic acids is 1. The molecule has 0 spiro atoms. The van der Waals surface area contributed by atoms with Crippen LogP contribution in [0.3, 0.4) is 0 Å². The Morgan fingerprint density at radius 3 is 2.89 bits per heavy atom. The van der Waals surface area contributed by atoms with E-state index in [0.29, 0.717) is 5.69 Å². The van der Waals surface area contributed by atoms with E-state index in [4.69, 9.17) is 4.74 Å². The second-order valence-corrected chi connectivity index (χ2v) is 3.53. The van der Waals surface area contributed by atoms with Crippen LogP contribution in [0.25, 0.3) is 5.69 Å². The Morgan fingerprint density at radius 2 is 2.22 bits per heavy atom. The fourth-order valence-corrected chi connectivity index (χ4v) is 1.56. The zero-order valence-electron chi connectivity index (χ0n) is 9.87. The third-order valence-corrected chi connectivity index (χ3v) is 2.37. The zero-order valence-corrected chi connectivity index (χ0v) is 9.87. The van der Waals surface area contributed by atoms with Crippen LogP contribution in [0.2, 0.25) is 0 Å². The van der Waals surface area contributed by atoms with Gasteiger partial charge in [0.2, 0.25) is 0 Å². The first-order valence-electron chi connectivity index (χ1n) is 5.53. The zero-order chi connectivity index (χ0) is 13.0. The molecule has 0 N–H and O–H groups in total. The molecule has 0 aliphatic carbocycles. The molecule has 5 heteroatoms. The Labute approximate surface area is 104 Å². The highest BCUT2D eigenvalue weighted by molar-refractivity contribution is 5.88. The predicted octanol–water partition coefficient (Wildman–Crippen LogP) is 1.41. The van der Waals surface area contributed by atoms with Gasteiger partial charge >= 0.3 is 5.97 Å². The lowest BCUT2D eigenvalue weighted by atomic mass is 10.2. The van der Waals surface area contributed by atoms with Gasteiger partial charge in [0, 0.05) is 12.4 Å². The van der Waals surface area contributed by atoms with Crippen molar-refractivity contribution in [2.45, 2.75) is 6.92 Å². The highest BCUT2D eigenvalue weighted by Crippen LogP contribution is 2.03. The molecule has 92 valence electrons. The Bertz CT molecular complexity index is 605. The molecule has 2 aromatic heterocycles. The van der Waals surface area contributed by atoms with E-state index in [1.54, 1.807) is 43.7 Å². The SMILES string of the molecule is CCOC(=O)c1cccn(-c2cccnc2)c1=O. The van der Waals surface area contributed by atoms with Gasteiger partial charge in [-0.05, 0) is 31.2 Å². The first-order valence-corrected chi connectivity index (χ1v) is 5.53. The van der Waals surface area contributed by atoms with Crippen molar-refractivity contribution in [3.8, 4) is 5.69 Å². The van der Waals surface area contributed by atoms with E-state index in [0.717, 1.165) is 0 Å². The van der Waals surface area contributed by atoms with Gasteiger partial charge in [-0.25, -0.2) is 4.79 Å². The summed E-state index contributed by atoms with van der Waals surface area (Å²) in [7, 11) is 0. The number of hydrogen-bond donors (Lipinski definition) is 0. The third kappa shape index (κ3) is 2.29. The number of rotatable bonds is 3. The van der Waals surface area contributed by atoms with Gasteiger partial charge in [-0.3, -0.25) is 14.3 Å². The maximum absolute atomic E-state index is 12.1. The van der Waals surface area contributed by atoms with Crippen molar-refractivity contribution in [3.63, 3.8) is 0 Å². The van der Waals surface area contributed by atoms with E-state index in [1.807, 2.05) is 0 Å². The third-order valence-electron chi connectivity index (χ3n) is 2.37. The van der Waals surface area contributed by atoms with E-state index < -0.39 is 11.5 Å². The van der Waals surface area contributed by atoms with Crippen LogP contribution in [0.5, 0.6) is 0 Å². The molecule has 0 aromatic carbocycles. The maximum Gasteiger partial charge on any atom is 0.343 e. The average Bonchev–Trinajstić information content (AvgIpc) is 2.40. The van der Waals surface area contributed by atoms with Crippen molar-refractivity contribution in [1.82, 2.24) is 9.55 Å². The minimum absolute atomic E-state index is 0.0169. The summed E-state index contributed by atoms with van der Waals surface area (Å²) >= 11 is 0. The summed E-state index contributed by atoms with van der Waals surface area (Å²) in [5.41, 5.74) is 0.209.